The molecule has 0 radical (unpaired) electrons. The van der Waals surface area contributed by atoms with Crippen LogP contribution < -0.4 is 0 Å². The van der Waals surface area contributed by atoms with Gasteiger partial charge in [0.1, 0.15) is 0 Å². The molecule has 3 nitrogen and oxygen atoms in total. The first-order valence-electron chi connectivity index (χ1n) is 4.82. The van der Waals surface area contributed by atoms with Gasteiger partial charge in [-0.3, -0.25) is 0 Å². The first-order chi connectivity index (χ1) is 6.29. The highest BCUT2D eigenvalue weighted by Gasteiger charge is 2.24. The van der Waals surface area contributed by atoms with Crippen molar-refractivity contribution in [2.24, 2.45) is 5.41 Å². The molecule has 0 spiro atoms. The van der Waals surface area contributed by atoms with Crippen LogP contribution in [-0.2, 0) is 9.53 Å². The molecule has 0 fully saturated rings. The standard InChI is InChI=1S/C11H20O3/c1-6-14-10(13)8(2)7-9(12)11(3,4)5/h9,12H,2,6-7H2,1,3-5H3/t9-/m1/s1. The molecule has 1 N–H and O–H groups in total. The number of rotatable bonds is 4. The maximum atomic E-state index is 11.2. The summed E-state index contributed by atoms with van der Waals surface area (Å²) in [6, 6.07) is 0. The summed E-state index contributed by atoms with van der Waals surface area (Å²) in [5.74, 6) is -0.421. The Morgan fingerprint density at radius 2 is 2.00 bits per heavy atom. The molecule has 0 bridgehead atoms. The minimum atomic E-state index is -0.570. The van der Waals surface area contributed by atoms with Crippen LogP contribution in [0.1, 0.15) is 34.1 Å². The van der Waals surface area contributed by atoms with E-state index in [4.69, 9.17) is 4.74 Å². The van der Waals surface area contributed by atoms with E-state index in [1.165, 1.54) is 0 Å². The van der Waals surface area contributed by atoms with Crippen molar-refractivity contribution in [2.45, 2.75) is 40.2 Å². The highest BCUT2D eigenvalue weighted by atomic mass is 16.5. The lowest BCUT2D eigenvalue weighted by molar-refractivity contribution is -0.139. The van der Waals surface area contributed by atoms with E-state index in [0.717, 1.165) is 0 Å². The highest BCUT2D eigenvalue weighted by molar-refractivity contribution is 5.87. The molecule has 3 heteroatoms. The number of esters is 1. The van der Waals surface area contributed by atoms with Crippen molar-refractivity contribution in [1.29, 1.82) is 0 Å². The summed E-state index contributed by atoms with van der Waals surface area (Å²) in [4.78, 5) is 11.2. The molecule has 0 amide bonds. The van der Waals surface area contributed by atoms with Crippen molar-refractivity contribution < 1.29 is 14.6 Å². The number of hydrogen-bond acceptors (Lipinski definition) is 3. The number of aliphatic hydroxyl groups excluding tert-OH is 1. The van der Waals surface area contributed by atoms with Gasteiger partial charge >= 0.3 is 5.97 Å². The number of carbonyl (C=O) groups excluding carboxylic acids is 1. The quantitative estimate of drug-likeness (QED) is 0.557. The first kappa shape index (κ1) is 13.2. The van der Waals surface area contributed by atoms with Crippen LogP contribution in [0.4, 0.5) is 0 Å². The summed E-state index contributed by atoms with van der Waals surface area (Å²) in [6.45, 7) is 11.4. The van der Waals surface area contributed by atoms with Crippen molar-refractivity contribution in [2.75, 3.05) is 6.61 Å². The van der Waals surface area contributed by atoms with Crippen LogP contribution >= 0.6 is 0 Å². The fourth-order valence-electron chi connectivity index (χ4n) is 0.856. The van der Waals surface area contributed by atoms with Crippen LogP contribution in [0.3, 0.4) is 0 Å². The Hall–Kier alpha value is -0.830. The summed E-state index contributed by atoms with van der Waals surface area (Å²) in [5, 5.41) is 9.70. The SMILES string of the molecule is C=C(C[C@@H](O)C(C)(C)C)C(=O)OCC. The molecule has 0 aliphatic carbocycles. The molecule has 0 rings (SSSR count). The molecular weight excluding hydrogens is 180 g/mol. The summed E-state index contributed by atoms with van der Waals surface area (Å²) in [6.07, 6.45) is -0.304. The molecule has 0 unspecified atom stereocenters. The third kappa shape index (κ3) is 4.42. The zero-order valence-electron chi connectivity index (χ0n) is 9.46. The van der Waals surface area contributed by atoms with Crippen molar-refractivity contribution in [1.82, 2.24) is 0 Å². The molecule has 14 heavy (non-hydrogen) atoms. The third-order valence-electron chi connectivity index (χ3n) is 2.00. The Morgan fingerprint density at radius 1 is 1.50 bits per heavy atom. The van der Waals surface area contributed by atoms with Crippen molar-refractivity contribution in [3.8, 4) is 0 Å². The van der Waals surface area contributed by atoms with Gasteiger partial charge in [0.2, 0.25) is 0 Å². The molecular formula is C11H20O3. The third-order valence-corrected chi connectivity index (χ3v) is 2.00. The molecule has 82 valence electrons. The topological polar surface area (TPSA) is 46.5 Å². The second-order valence-electron chi connectivity index (χ2n) is 4.41. The van der Waals surface area contributed by atoms with Crippen molar-refractivity contribution in [3.05, 3.63) is 12.2 Å². The number of ether oxygens (including phenoxy) is 1. The molecule has 0 saturated heterocycles. The van der Waals surface area contributed by atoms with E-state index in [9.17, 15) is 9.90 Å². The van der Waals surface area contributed by atoms with Crippen LogP contribution in [-0.4, -0.2) is 23.8 Å². The second-order valence-corrected chi connectivity index (χ2v) is 4.41. The maximum Gasteiger partial charge on any atom is 0.333 e. The highest BCUT2D eigenvalue weighted by Crippen LogP contribution is 2.24. The van der Waals surface area contributed by atoms with Crippen molar-refractivity contribution >= 4 is 5.97 Å². The van der Waals surface area contributed by atoms with E-state index in [-0.39, 0.29) is 11.8 Å². The zero-order chi connectivity index (χ0) is 11.4. The Morgan fingerprint density at radius 3 is 2.36 bits per heavy atom. The summed E-state index contributed by atoms with van der Waals surface area (Å²) < 4.78 is 4.77. The van der Waals surface area contributed by atoms with E-state index >= 15 is 0 Å². The largest absolute Gasteiger partial charge is 0.463 e. The molecule has 0 heterocycles. The predicted octanol–water partition coefficient (Wildman–Crippen LogP) is 1.90. The summed E-state index contributed by atoms with van der Waals surface area (Å²) in [7, 11) is 0. The van der Waals surface area contributed by atoms with Crippen LogP contribution in [0.5, 0.6) is 0 Å². The minimum absolute atomic E-state index is 0.241. The van der Waals surface area contributed by atoms with Crippen LogP contribution in [0.25, 0.3) is 0 Å². The molecule has 0 aromatic rings. The van der Waals surface area contributed by atoms with Gasteiger partial charge in [0, 0.05) is 12.0 Å². The monoisotopic (exact) mass is 200 g/mol. The molecule has 0 aliphatic rings. The fourth-order valence-corrected chi connectivity index (χ4v) is 0.856. The van der Waals surface area contributed by atoms with Gasteiger partial charge in [0.15, 0.2) is 0 Å². The van der Waals surface area contributed by atoms with E-state index in [1.807, 2.05) is 20.8 Å². The van der Waals surface area contributed by atoms with Crippen LogP contribution in [0.15, 0.2) is 12.2 Å². The minimum Gasteiger partial charge on any atom is -0.463 e. The summed E-state index contributed by atoms with van der Waals surface area (Å²) in [5.41, 5.74) is 0.0874. The van der Waals surface area contributed by atoms with Gasteiger partial charge in [0.25, 0.3) is 0 Å². The Labute approximate surface area is 85.8 Å². The van der Waals surface area contributed by atoms with E-state index in [2.05, 4.69) is 6.58 Å². The van der Waals surface area contributed by atoms with Gasteiger partial charge in [-0.2, -0.15) is 0 Å². The van der Waals surface area contributed by atoms with Gasteiger partial charge in [-0.15, -0.1) is 0 Å². The molecule has 0 aliphatic heterocycles. The second kappa shape index (κ2) is 5.15. The van der Waals surface area contributed by atoms with E-state index in [0.29, 0.717) is 12.2 Å². The Balaban J connectivity index is 4.13. The first-order valence-corrected chi connectivity index (χ1v) is 4.82. The van der Waals surface area contributed by atoms with Gasteiger partial charge < -0.3 is 9.84 Å². The Kier molecular flexibility index (Phi) is 4.85. The lowest BCUT2D eigenvalue weighted by Gasteiger charge is -2.25. The maximum absolute atomic E-state index is 11.2. The normalized spacial score (nSPS) is 13.5. The smallest absolute Gasteiger partial charge is 0.333 e. The van der Waals surface area contributed by atoms with E-state index in [1.54, 1.807) is 6.92 Å². The van der Waals surface area contributed by atoms with Gasteiger partial charge in [-0.25, -0.2) is 4.79 Å². The lowest BCUT2D eigenvalue weighted by atomic mass is 9.85. The molecule has 0 aromatic heterocycles. The van der Waals surface area contributed by atoms with Crippen molar-refractivity contribution in [3.63, 3.8) is 0 Å². The molecule has 0 aromatic carbocycles. The number of aliphatic hydroxyl groups is 1. The zero-order valence-corrected chi connectivity index (χ0v) is 9.46. The number of carbonyl (C=O) groups is 1. The van der Waals surface area contributed by atoms with Crippen LogP contribution in [0, 0.1) is 5.41 Å². The fraction of sp³-hybridized carbons (Fsp3) is 0.727. The van der Waals surface area contributed by atoms with Gasteiger partial charge in [-0.1, -0.05) is 27.4 Å². The van der Waals surface area contributed by atoms with Gasteiger partial charge in [-0.05, 0) is 12.3 Å². The molecule has 1 atom stereocenters. The lowest BCUT2D eigenvalue weighted by Crippen LogP contribution is -2.27. The number of hydrogen-bond donors (Lipinski definition) is 1. The van der Waals surface area contributed by atoms with E-state index < -0.39 is 12.1 Å². The average molecular weight is 200 g/mol. The average Bonchev–Trinajstić information content (AvgIpc) is 2.02. The van der Waals surface area contributed by atoms with Gasteiger partial charge in [0.05, 0.1) is 12.7 Å². The summed E-state index contributed by atoms with van der Waals surface area (Å²) >= 11 is 0. The molecule has 0 saturated carbocycles. The predicted molar refractivity (Wildman–Crippen MR) is 55.9 cm³/mol. The Bertz CT molecular complexity index is 213. The van der Waals surface area contributed by atoms with Crippen LogP contribution in [0.2, 0.25) is 0 Å².